The van der Waals surface area contributed by atoms with E-state index in [0.29, 0.717) is 37.4 Å². The molecule has 0 N–H and O–H groups in total. The van der Waals surface area contributed by atoms with Gasteiger partial charge in [-0.3, -0.25) is 13.9 Å². The third-order valence-electron chi connectivity index (χ3n) is 5.35. The summed E-state index contributed by atoms with van der Waals surface area (Å²) in [7, 11) is -1.09. The number of carbonyl (C=O) groups is 2. The second kappa shape index (κ2) is 9.82. The maximum absolute atomic E-state index is 13.3. The topological polar surface area (TPSA) is 93.2 Å². The van der Waals surface area contributed by atoms with Crippen LogP contribution in [-0.2, 0) is 24.3 Å². The first kappa shape index (κ1) is 22.6. The molecule has 1 fully saturated rings. The van der Waals surface area contributed by atoms with E-state index in [-0.39, 0.29) is 29.2 Å². The van der Waals surface area contributed by atoms with Gasteiger partial charge in [0.05, 0.1) is 30.7 Å². The molecule has 1 aliphatic heterocycles. The highest BCUT2D eigenvalue weighted by Gasteiger charge is 2.32. The lowest BCUT2D eigenvalue weighted by molar-refractivity contribution is -0.148. The number of nitrogens with zero attached hydrogens (tertiary/aromatic N) is 2. The van der Waals surface area contributed by atoms with E-state index in [0.717, 1.165) is 4.31 Å². The van der Waals surface area contributed by atoms with Crippen LogP contribution in [0.4, 0.5) is 5.69 Å². The molecule has 0 bridgehead atoms. The molecule has 31 heavy (non-hydrogen) atoms. The second-order valence-electron chi connectivity index (χ2n) is 7.20. The van der Waals surface area contributed by atoms with E-state index >= 15 is 0 Å². The molecule has 1 amide bonds. The smallest absolute Gasteiger partial charge is 0.308 e. The van der Waals surface area contributed by atoms with E-state index in [4.69, 9.17) is 9.47 Å². The summed E-state index contributed by atoms with van der Waals surface area (Å²) in [5.41, 5.74) is 0.363. The molecule has 0 aliphatic carbocycles. The number of benzene rings is 2. The van der Waals surface area contributed by atoms with Crippen molar-refractivity contribution < 1.29 is 27.5 Å². The molecular weight excluding hydrogens is 420 g/mol. The van der Waals surface area contributed by atoms with Crippen molar-refractivity contribution >= 4 is 27.6 Å². The number of hydrogen-bond donors (Lipinski definition) is 0. The molecule has 0 spiro atoms. The van der Waals surface area contributed by atoms with E-state index in [9.17, 15) is 18.0 Å². The van der Waals surface area contributed by atoms with Crippen molar-refractivity contribution in [3.8, 4) is 5.75 Å². The average molecular weight is 447 g/mol. The van der Waals surface area contributed by atoms with Crippen LogP contribution in [0.5, 0.6) is 5.75 Å². The van der Waals surface area contributed by atoms with Crippen molar-refractivity contribution in [1.29, 1.82) is 0 Å². The Kier molecular flexibility index (Phi) is 7.17. The SMILES string of the molecule is COC(=O)C1CCN(C(=O)CN(c2ccc(OC)cc2)S(=O)(=O)c2ccccc2)CC1. The number of ether oxygens (including phenoxy) is 2. The first-order valence-electron chi connectivity index (χ1n) is 9.94. The van der Waals surface area contributed by atoms with Gasteiger partial charge in [-0.05, 0) is 49.2 Å². The number of amides is 1. The lowest BCUT2D eigenvalue weighted by Gasteiger charge is -2.33. The maximum Gasteiger partial charge on any atom is 0.308 e. The summed E-state index contributed by atoms with van der Waals surface area (Å²) in [5.74, 6) is -0.255. The van der Waals surface area contributed by atoms with Gasteiger partial charge in [0.25, 0.3) is 10.0 Å². The summed E-state index contributed by atoms with van der Waals surface area (Å²) in [6, 6.07) is 14.5. The molecule has 1 heterocycles. The number of methoxy groups -OCH3 is 2. The summed E-state index contributed by atoms with van der Waals surface area (Å²) in [6.07, 6.45) is 0.985. The van der Waals surface area contributed by atoms with Crippen LogP contribution < -0.4 is 9.04 Å². The molecule has 166 valence electrons. The van der Waals surface area contributed by atoms with Crippen molar-refractivity contribution in [1.82, 2.24) is 4.90 Å². The van der Waals surface area contributed by atoms with Crippen LogP contribution in [0.15, 0.2) is 59.5 Å². The van der Waals surface area contributed by atoms with E-state index in [1.807, 2.05) is 0 Å². The quantitative estimate of drug-likeness (QED) is 0.606. The van der Waals surface area contributed by atoms with Gasteiger partial charge in [-0.2, -0.15) is 0 Å². The zero-order valence-corrected chi connectivity index (χ0v) is 18.4. The molecule has 0 saturated carbocycles. The van der Waals surface area contributed by atoms with Gasteiger partial charge >= 0.3 is 5.97 Å². The minimum Gasteiger partial charge on any atom is -0.497 e. The molecule has 8 nitrogen and oxygen atoms in total. The van der Waals surface area contributed by atoms with Gasteiger partial charge in [0.15, 0.2) is 0 Å². The van der Waals surface area contributed by atoms with Crippen molar-refractivity contribution in [2.24, 2.45) is 5.92 Å². The van der Waals surface area contributed by atoms with Crippen LogP contribution in [0.2, 0.25) is 0 Å². The Morgan fingerprint density at radius 3 is 2.16 bits per heavy atom. The van der Waals surface area contributed by atoms with Gasteiger partial charge in [-0.25, -0.2) is 8.42 Å². The normalized spacial score (nSPS) is 14.7. The van der Waals surface area contributed by atoms with Crippen molar-refractivity contribution in [3.63, 3.8) is 0 Å². The Bertz CT molecular complexity index is 1000. The van der Waals surface area contributed by atoms with Gasteiger partial charge in [0, 0.05) is 13.1 Å². The van der Waals surface area contributed by atoms with Crippen molar-refractivity contribution in [2.45, 2.75) is 17.7 Å². The lowest BCUT2D eigenvalue weighted by Crippen LogP contribution is -2.46. The largest absolute Gasteiger partial charge is 0.497 e. The van der Waals surface area contributed by atoms with Crippen LogP contribution in [0.25, 0.3) is 0 Å². The van der Waals surface area contributed by atoms with Crippen LogP contribution in [0.3, 0.4) is 0 Å². The first-order chi connectivity index (χ1) is 14.9. The molecule has 1 aliphatic rings. The number of rotatable bonds is 7. The Balaban J connectivity index is 1.83. The standard InChI is InChI=1S/C22H26N2O6S/c1-29-19-10-8-18(9-11-19)24(31(27,28)20-6-4-3-5-7-20)16-21(25)23-14-12-17(13-15-23)22(26)30-2/h3-11,17H,12-16H2,1-2H3. The Morgan fingerprint density at radius 1 is 1.00 bits per heavy atom. The zero-order chi connectivity index (χ0) is 22.4. The van der Waals surface area contributed by atoms with E-state index in [1.54, 1.807) is 47.4 Å². The zero-order valence-electron chi connectivity index (χ0n) is 17.6. The third kappa shape index (κ3) is 5.16. The molecule has 0 unspecified atom stereocenters. The number of sulfonamides is 1. The molecule has 1 saturated heterocycles. The summed E-state index contributed by atoms with van der Waals surface area (Å²) in [6.45, 7) is 0.410. The molecule has 3 rings (SSSR count). The summed E-state index contributed by atoms with van der Waals surface area (Å²) in [5, 5.41) is 0. The van der Waals surface area contributed by atoms with Gasteiger partial charge < -0.3 is 14.4 Å². The monoisotopic (exact) mass is 446 g/mol. The van der Waals surface area contributed by atoms with Gasteiger partial charge in [-0.15, -0.1) is 0 Å². The van der Waals surface area contributed by atoms with Gasteiger partial charge in [-0.1, -0.05) is 18.2 Å². The minimum atomic E-state index is -3.96. The van der Waals surface area contributed by atoms with Crippen LogP contribution in [-0.4, -0.2) is 59.0 Å². The molecule has 0 aromatic heterocycles. The van der Waals surface area contributed by atoms with E-state index < -0.39 is 10.0 Å². The average Bonchev–Trinajstić information content (AvgIpc) is 2.82. The molecule has 2 aromatic carbocycles. The van der Waals surface area contributed by atoms with Gasteiger partial charge in [0.1, 0.15) is 12.3 Å². The highest BCUT2D eigenvalue weighted by molar-refractivity contribution is 7.92. The van der Waals surface area contributed by atoms with Crippen LogP contribution in [0.1, 0.15) is 12.8 Å². The third-order valence-corrected chi connectivity index (χ3v) is 7.14. The number of carbonyl (C=O) groups excluding carboxylic acids is 2. The number of hydrogen-bond acceptors (Lipinski definition) is 6. The molecule has 0 atom stereocenters. The number of anilines is 1. The predicted octanol–water partition coefficient (Wildman–Crippen LogP) is 2.30. The summed E-state index contributed by atoms with van der Waals surface area (Å²) < 4.78 is 37.7. The Labute approximate surface area is 182 Å². The molecule has 9 heteroatoms. The molecule has 0 radical (unpaired) electrons. The van der Waals surface area contributed by atoms with Crippen molar-refractivity contribution in [3.05, 3.63) is 54.6 Å². The van der Waals surface area contributed by atoms with Crippen LogP contribution >= 0.6 is 0 Å². The lowest BCUT2D eigenvalue weighted by atomic mass is 9.97. The predicted molar refractivity (Wildman–Crippen MR) is 115 cm³/mol. The number of esters is 1. The van der Waals surface area contributed by atoms with Crippen LogP contribution in [0, 0.1) is 5.92 Å². The summed E-state index contributed by atoms with van der Waals surface area (Å²) >= 11 is 0. The fraction of sp³-hybridized carbons (Fsp3) is 0.364. The first-order valence-corrected chi connectivity index (χ1v) is 11.4. The fourth-order valence-electron chi connectivity index (χ4n) is 3.54. The van der Waals surface area contributed by atoms with Gasteiger partial charge in [0.2, 0.25) is 5.91 Å². The molecule has 2 aromatic rings. The Morgan fingerprint density at radius 2 is 1.61 bits per heavy atom. The Hall–Kier alpha value is -3.07. The number of piperidine rings is 1. The highest BCUT2D eigenvalue weighted by atomic mass is 32.2. The maximum atomic E-state index is 13.3. The molecular formula is C22H26N2O6S. The fourth-order valence-corrected chi connectivity index (χ4v) is 4.97. The number of likely N-dealkylation sites (tertiary alicyclic amines) is 1. The van der Waals surface area contributed by atoms with Crippen molar-refractivity contribution in [2.75, 3.05) is 38.2 Å². The van der Waals surface area contributed by atoms with E-state index in [2.05, 4.69) is 0 Å². The summed E-state index contributed by atoms with van der Waals surface area (Å²) in [4.78, 5) is 26.4. The van der Waals surface area contributed by atoms with E-state index in [1.165, 1.54) is 26.4 Å². The minimum absolute atomic E-state index is 0.100. The highest BCUT2D eigenvalue weighted by Crippen LogP contribution is 2.26. The second-order valence-corrected chi connectivity index (χ2v) is 9.06.